The van der Waals surface area contributed by atoms with Crippen LogP contribution in [0.4, 0.5) is 4.39 Å². The Bertz CT molecular complexity index is 676. The zero-order valence-corrected chi connectivity index (χ0v) is 12.9. The predicted molar refractivity (Wildman–Crippen MR) is 76.6 cm³/mol. The molecule has 0 atom stereocenters. The summed E-state index contributed by atoms with van der Waals surface area (Å²) in [5, 5.41) is 8.95. The van der Waals surface area contributed by atoms with Crippen molar-refractivity contribution in [3.8, 4) is 6.07 Å². The van der Waals surface area contributed by atoms with Gasteiger partial charge >= 0.3 is 0 Å². The van der Waals surface area contributed by atoms with E-state index in [2.05, 4.69) is 4.72 Å². The van der Waals surface area contributed by atoms with Gasteiger partial charge in [0.25, 0.3) is 0 Å². The number of nitrogens with one attached hydrogen (secondary N) is 1. The van der Waals surface area contributed by atoms with E-state index in [4.69, 9.17) is 5.26 Å². The Morgan fingerprint density at radius 3 is 2.57 bits per heavy atom. The molecule has 1 aromatic carbocycles. The van der Waals surface area contributed by atoms with Gasteiger partial charge in [-0.15, -0.1) is 0 Å². The Hall–Kier alpha value is -1.49. The van der Waals surface area contributed by atoms with Crippen LogP contribution >= 0.6 is 0 Å². The third-order valence-electron chi connectivity index (χ3n) is 4.20. The number of hydrogen-bond donors (Lipinski definition) is 1. The molecule has 0 aliphatic heterocycles. The summed E-state index contributed by atoms with van der Waals surface area (Å²) >= 11 is 0. The highest BCUT2D eigenvalue weighted by Crippen LogP contribution is 2.35. The van der Waals surface area contributed by atoms with Crippen LogP contribution in [-0.2, 0) is 10.0 Å². The molecule has 1 aliphatic carbocycles. The van der Waals surface area contributed by atoms with Crippen molar-refractivity contribution in [2.24, 2.45) is 0 Å². The minimum atomic E-state index is -3.91. The van der Waals surface area contributed by atoms with E-state index in [1.807, 2.05) is 19.0 Å². The van der Waals surface area contributed by atoms with E-state index < -0.39 is 21.4 Å². The van der Waals surface area contributed by atoms with Gasteiger partial charge in [0.1, 0.15) is 22.3 Å². The number of nitrogens with zero attached hydrogens (tertiary/aromatic N) is 2. The first-order valence-corrected chi connectivity index (χ1v) is 8.16. The minimum Gasteiger partial charge on any atom is -0.302 e. The van der Waals surface area contributed by atoms with Gasteiger partial charge in [0, 0.05) is 12.1 Å². The van der Waals surface area contributed by atoms with E-state index in [-0.39, 0.29) is 17.0 Å². The van der Waals surface area contributed by atoms with Crippen LogP contribution in [0.25, 0.3) is 0 Å². The topological polar surface area (TPSA) is 73.2 Å². The fourth-order valence-electron chi connectivity index (χ4n) is 2.51. The molecule has 0 bridgehead atoms. The summed E-state index contributed by atoms with van der Waals surface area (Å²) in [6.07, 6.45) is 2.89. The second-order valence-electron chi connectivity index (χ2n) is 5.52. The van der Waals surface area contributed by atoms with Crippen LogP contribution < -0.4 is 4.72 Å². The van der Waals surface area contributed by atoms with Gasteiger partial charge in [0.05, 0.1) is 0 Å². The van der Waals surface area contributed by atoms with Crippen LogP contribution in [0.15, 0.2) is 23.1 Å². The highest BCUT2D eigenvalue weighted by Gasteiger charge is 2.40. The summed E-state index contributed by atoms with van der Waals surface area (Å²) in [5.74, 6) is -0.827. The van der Waals surface area contributed by atoms with Crippen LogP contribution in [0.3, 0.4) is 0 Å². The Morgan fingerprint density at radius 1 is 1.43 bits per heavy atom. The Kier molecular flexibility index (Phi) is 4.33. The van der Waals surface area contributed by atoms with Gasteiger partial charge in [-0.3, -0.25) is 0 Å². The summed E-state index contributed by atoms with van der Waals surface area (Å²) in [4.78, 5) is 1.70. The molecule has 0 spiro atoms. The highest BCUT2D eigenvalue weighted by atomic mass is 32.2. The van der Waals surface area contributed by atoms with E-state index in [0.29, 0.717) is 0 Å². The molecule has 1 fully saturated rings. The molecule has 0 heterocycles. The quantitative estimate of drug-likeness (QED) is 0.893. The number of nitriles is 1. The molecule has 7 heteroatoms. The average molecular weight is 311 g/mol. The number of rotatable bonds is 5. The van der Waals surface area contributed by atoms with Crippen molar-refractivity contribution >= 4 is 10.0 Å². The van der Waals surface area contributed by atoms with E-state index in [9.17, 15) is 12.8 Å². The van der Waals surface area contributed by atoms with Gasteiger partial charge in [-0.1, -0.05) is 6.07 Å². The van der Waals surface area contributed by atoms with E-state index in [0.717, 1.165) is 25.3 Å². The predicted octanol–water partition coefficient (Wildman–Crippen LogP) is 1.46. The maximum absolute atomic E-state index is 13.5. The van der Waals surface area contributed by atoms with Crippen molar-refractivity contribution in [1.82, 2.24) is 9.62 Å². The van der Waals surface area contributed by atoms with Crippen LogP contribution in [-0.4, -0.2) is 39.5 Å². The lowest BCUT2D eigenvalue weighted by molar-refractivity contribution is 0.0657. The molecule has 0 aromatic heterocycles. The van der Waals surface area contributed by atoms with Crippen LogP contribution in [0.1, 0.15) is 24.8 Å². The molecule has 5 nitrogen and oxygen atoms in total. The monoisotopic (exact) mass is 311 g/mol. The molecule has 21 heavy (non-hydrogen) atoms. The summed E-state index contributed by atoms with van der Waals surface area (Å²) in [6, 6.07) is 5.22. The van der Waals surface area contributed by atoms with Crippen LogP contribution in [0.2, 0.25) is 0 Å². The molecule has 0 amide bonds. The van der Waals surface area contributed by atoms with E-state index >= 15 is 0 Å². The van der Waals surface area contributed by atoms with Crippen molar-refractivity contribution in [3.05, 3.63) is 29.6 Å². The van der Waals surface area contributed by atoms with Crippen LogP contribution in [0, 0.1) is 17.1 Å². The molecule has 1 aliphatic rings. The second kappa shape index (κ2) is 5.72. The molecule has 1 saturated carbocycles. The molecule has 0 radical (unpaired) electrons. The van der Waals surface area contributed by atoms with Crippen LogP contribution in [0.5, 0.6) is 0 Å². The first-order valence-electron chi connectivity index (χ1n) is 6.68. The highest BCUT2D eigenvalue weighted by molar-refractivity contribution is 7.89. The molecule has 114 valence electrons. The first kappa shape index (κ1) is 15.9. The van der Waals surface area contributed by atoms with Gasteiger partial charge in [0.2, 0.25) is 10.0 Å². The Labute approximate surface area is 124 Å². The normalized spacial score (nSPS) is 17.3. The fraction of sp³-hybridized carbons (Fsp3) is 0.500. The molecular weight excluding hydrogens is 293 g/mol. The standard InChI is InChI=1S/C14H18FN3O2S/c1-18(2)14(7-4-8-14)10-17-21(19,20)13-6-3-5-12(15)11(13)9-16/h3,5-6,17H,4,7-8,10H2,1-2H3. The average Bonchev–Trinajstić information content (AvgIpc) is 2.36. The number of halogens is 1. The lowest BCUT2D eigenvalue weighted by atomic mass is 9.76. The second-order valence-corrected chi connectivity index (χ2v) is 7.26. The maximum Gasteiger partial charge on any atom is 0.242 e. The zero-order valence-electron chi connectivity index (χ0n) is 12.1. The lowest BCUT2D eigenvalue weighted by Crippen LogP contribution is -2.57. The Balaban J connectivity index is 2.24. The number of sulfonamides is 1. The van der Waals surface area contributed by atoms with E-state index in [1.165, 1.54) is 12.1 Å². The SMILES string of the molecule is CN(C)C1(CNS(=O)(=O)c2cccc(F)c2C#N)CCC1. The third kappa shape index (κ3) is 2.93. The van der Waals surface area contributed by atoms with Gasteiger partial charge in [-0.05, 0) is 45.5 Å². The zero-order chi connectivity index (χ0) is 15.7. The summed E-state index contributed by atoms with van der Waals surface area (Å²) in [7, 11) is -0.0815. The minimum absolute atomic E-state index is 0.187. The Morgan fingerprint density at radius 2 is 2.10 bits per heavy atom. The third-order valence-corrected chi connectivity index (χ3v) is 5.64. The van der Waals surface area contributed by atoms with Crippen molar-refractivity contribution in [2.75, 3.05) is 20.6 Å². The summed E-state index contributed by atoms with van der Waals surface area (Å²) in [5.41, 5.74) is -0.634. The molecule has 0 unspecified atom stereocenters. The first-order chi connectivity index (χ1) is 9.82. The van der Waals surface area contributed by atoms with Crippen molar-refractivity contribution < 1.29 is 12.8 Å². The largest absolute Gasteiger partial charge is 0.302 e. The summed E-state index contributed by atoms with van der Waals surface area (Å²) < 4.78 is 40.7. The molecule has 2 rings (SSSR count). The molecule has 1 aromatic rings. The lowest BCUT2D eigenvalue weighted by Gasteiger charge is -2.47. The van der Waals surface area contributed by atoms with Gasteiger partial charge < -0.3 is 4.90 Å². The van der Waals surface area contributed by atoms with E-state index in [1.54, 1.807) is 6.07 Å². The number of benzene rings is 1. The fourth-order valence-corrected chi connectivity index (χ4v) is 3.79. The molecule has 1 N–H and O–H groups in total. The van der Waals surface area contributed by atoms with Gasteiger partial charge in [0.15, 0.2) is 0 Å². The van der Waals surface area contributed by atoms with Crippen molar-refractivity contribution in [1.29, 1.82) is 5.26 Å². The van der Waals surface area contributed by atoms with Crippen molar-refractivity contribution in [3.63, 3.8) is 0 Å². The van der Waals surface area contributed by atoms with Gasteiger partial charge in [-0.25, -0.2) is 17.5 Å². The number of likely N-dealkylation sites (N-methyl/N-ethyl adjacent to an activating group) is 1. The maximum atomic E-state index is 13.5. The smallest absolute Gasteiger partial charge is 0.242 e. The van der Waals surface area contributed by atoms with Crippen molar-refractivity contribution in [2.45, 2.75) is 29.7 Å². The van der Waals surface area contributed by atoms with Gasteiger partial charge in [-0.2, -0.15) is 5.26 Å². The summed E-state index contributed by atoms with van der Waals surface area (Å²) in [6.45, 7) is 0.254. The number of hydrogen-bond acceptors (Lipinski definition) is 4. The molecule has 0 saturated heterocycles. The molecular formula is C14H18FN3O2S.